The van der Waals surface area contributed by atoms with Crippen molar-refractivity contribution in [2.45, 2.75) is 46.6 Å². The molecule has 0 aromatic rings. The largest absolute Gasteiger partial charge is 0.462 e. The minimum Gasteiger partial charge on any atom is -0.462 e. The van der Waals surface area contributed by atoms with Crippen LogP contribution in [0.4, 0.5) is 0 Å². The Bertz CT molecular complexity index is 169. The third-order valence-corrected chi connectivity index (χ3v) is 1.58. The normalized spacial score (nSPS) is 12.7. The van der Waals surface area contributed by atoms with E-state index < -0.39 is 0 Å². The highest BCUT2D eigenvalue weighted by atomic mass is 16.5. The van der Waals surface area contributed by atoms with Crippen LogP contribution in [0.5, 0.6) is 0 Å². The van der Waals surface area contributed by atoms with Crippen LogP contribution in [0.3, 0.4) is 0 Å². The molecule has 0 aromatic heterocycles. The number of carbonyl (C=O) groups is 2. The second kappa shape index (κ2) is 5.73. The summed E-state index contributed by atoms with van der Waals surface area (Å²) < 4.78 is 5.01. The summed E-state index contributed by atoms with van der Waals surface area (Å²) in [6.07, 6.45) is 0.840. The van der Waals surface area contributed by atoms with Gasteiger partial charge in [0.05, 0.1) is 0 Å². The average molecular weight is 186 g/mol. The molecule has 0 saturated carbocycles. The smallest absolute Gasteiger partial charge is 0.302 e. The van der Waals surface area contributed by atoms with Gasteiger partial charge in [0.1, 0.15) is 11.9 Å². The third-order valence-electron chi connectivity index (χ3n) is 1.58. The van der Waals surface area contributed by atoms with E-state index in [1.54, 1.807) is 0 Å². The summed E-state index contributed by atoms with van der Waals surface area (Å²) in [6.45, 7) is 6.96. The van der Waals surface area contributed by atoms with Crippen LogP contribution in [0.1, 0.15) is 40.5 Å². The van der Waals surface area contributed by atoms with Gasteiger partial charge in [-0.1, -0.05) is 13.8 Å². The lowest BCUT2D eigenvalue weighted by Gasteiger charge is -2.17. The molecular formula is C10H18O3. The van der Waals surface area contributed by atoms with Gasteiger partial charge in [-0.3, -0.25) is 9.59 Å². The van der Waals surface area contributed by atoms with E-state index in [2.05, 4.69) is 0 Å². The Morgan fingerprint density at radius 1 is 1.23 bits per heavy atom. The number of ketones is 1. The Hall–Kier alpha value is -0.860. The second-order valence-electron chi connectivity index (χ2n) is 3.77. The van der Waals surface area contributed by atoms with Crippen LogP contribution in [0.15, 0.2) is 0 Å². The maximum atomic E-state index is 10.8. The highest BCUT2D eigenvalue weighted by Gasteiger charge is 2.15. The molecule has 0 aliphatic carbocycles. The Morgan fingerprint density at radius 2 is 1.77 bits per heavy atom. The summed E-state index contributed by atoms with van der Waals surface area (Å²) in [5.41, 5.74) is 0. The number of esters is 1. The monoisotopic (exact) mass is 186 g/mol. The van der Waals surface area contributed by atoms with Crippen LogP contribution in [0.25, 0.3) is 0 Å². The molecule has 0 fully saturated rings. The molecule has 3 heteroatoms. The van der Waals surface area contributed by atoms with E-state index in [9.17, 15) is 9.59 Å². The molecule has 3 nitrogen and oxygen atoms in total. The fraction of sp³-hybridized carbons (Fsp3) is 0.800. The molecule has 0 spiro atoms. The summed E-state index contributed by atoms with van der Waals surface area (Å²) in [6, 6.07) is 0. The van der Waals surface area contributed by atoms with Gasteiger partial charge in [0, 0.05) is 13.3 Å². The molecule has 0 heterocycles. The standard InChI is InChI=1S/C10H18O3/c1-7(2)5-10(6-8(3)11)13-9(4)12/h7,10H,5-6H2,1-4H3. The van der Waals surface area contributed by atoms with Gasteiger partial charge in [0.2, 0.25) is 0 Å². The second-order valence-corrected chi connectivity index (χ2v) is 3.77. The first kappa shape index (κ1) is 12.1. The van der Waals surface area contributed by atoms with Crippen molar-refractivity contribution < 1.29 is 14.3 Å². The van der Waals surface area contributed by atoms with Crippen LogP contribution < -0.4 is 0 Å². The molecular weight excluding hydrogens is 168 g/mol. The maximum Gasteiger partial charge on any atom is 0.302 e. The van der Waals surface area contributed by atoms with Crippen LogP contribution in [0, 0.1) is 5.92 Å². The fourth-order valence-electron chi connectivity index (χ4n) is 1.25. The molecule has 0 amide bonds. The number of carbonyl (C=O) groups excluding carboxylic acids is 2. The minimum absolute atomic E-state index is 0.0619. The molecule has 0 radical (unpaired) electrons. The zero-order valence-electron chi connectivity index (χ0n) is 8.79. The van der Waals surface area contributed by atoms with Crippen LogP contribution in [-0.2, 0) is 14.3 Å². The first-order valence-electron chi connectivity index (χ1n) is 4.58. The summed E-state index contributed by atoms with van der Waals surface area (Å²) in [5, 5.41) is 0. The molecule has 0 rings (SSSR count). The molecule has 0 aliphatic rings. The molecule has 1 atom stereocenters. The van der Waals surface area contributed by atoms with Gasteiger partial charge >= 0.3 is 5.97 Å². The van der Waals surface area contributed by atoms with Crippen molar-refractivity contribution in [2.24, 2.45) is 5.92 Å². The third kappa shape index (κ3) is 7.50. The lowest BCUT2D eigenvalue weighted by atomic mass is 10.0. The quantitative estimate of drug-likeness (QED) is 0.616. The van der Waals surface area contributed by atoms with Gasteiger partial charge in [0.15, 0.2) is 0 Å². The predicted octanol–water partition coefficient (Wildman–Crippen LogP) is 1.94. The van der Waals surface area contributed by atoms with E-state index in [1.165, 1.54) is 13.8 Å². The van der Waals surface area contributed by atoms with E-state index in [4.69, 9.17) is 4.74 Å². The summed E-state index contributed by atoms with van der Waals surface area (Å²) in [7, 11) is 0. The molecule has 1 unspecified atom stereocenters. The average Bonchev–Trinajstić information content (AvgIpc) is 1.80. The Balaban J connectivity index is 4.02. The molecule has 0 N–H and O–H groups in total. The molecule has 0 aromatic carbocycles. The van der Waals surface area contributed by atoms with Gasteiger partial charge in [-0.15, -0.1) is 0 Å². The fourth-order valence-corrected chi connectivity index (χ4v) is 1.25. The predicted molar refractivity (Wildman–Crippen MR) is 50.3 cm³/mol. The van der Waals surface area contributed by atoms with Gasteiger partial charge < -0.3 is 4.74 Å². The van der Waals surface area contributed by atoms with Crippen molar-refractivity contribution in [2.75, 3.05) is 0 Å². The molecule has 0 aliphatic heterocycles. The number of hydrogen-bond donors (Lipinski definition) is 0. The maximum absolute atomic E-state index is 10.8. The summed E-state index contributed by atoms with van der Waals surface area (Å²) in [4.78, 5) is 21.5. The van der Waals surface area contributed by atoms with E-state index in [1.807, 2.05) is 13.8 Å². The molecule has 0 bridgehead atoms. The van der Waals surface area contributed by atoms with Crippen LogP contribution in [0.2, 0.25) is 0 Å². The van der Waals surface area contributed by atoms with Crippen LogP contribution in [-0.4, -0.2) is 17.9 Å². The lowest BCUT2D eigenvalue weighted by molar-refractivity contribution is -0.148. The minimum atomic E-state index is -0.313. The van der Waals surface area contributed by atoms with E-state index >= 15 is 0 Å². The lowest BCUT2D eigenvalue weighted by Crippen LogP contribution is -2.21. The molecule has 13 heavy (non-hydrogen) atoms. The number of rotatable bonds is 5. The van der Waals surface area contributed by atoms with Crippen molar-refractivity contribution in [1.82, 2.24) is 0 Å². The zero-order valence-corrected chi connectivity index (χ0v) is 8.79. The highest BCUT2D eigenvalue weighted by Crippen LogP contribution is 2.12. The summed E-state index contributed by atoms with van der Waals surface area (Å²) in [5.74, 6) is 0.183. The van der Waals surface area contributed by atoms with Gasteiger partial charge in [-0.2, -0.15) is 0 Å². The first-order chi connectivity index (χ1) is 5.91. The van der Waals surface area contributed by atoms with Crippen molar-refractivity contribution in [1.29, 1.82) is 0 Å². The number of hydrogen-bond acceptors (Lipinski definition) is 3. The van der Waals surface area contributed by atoms with Gasteiger partial charge in [-0.05, 0) is 19.3 Å². The van der Waals surface area contributed by atoms with Crippen LogP contribution >= 0.6 is 0 Å². The number of Topliss-reactive ketones (excluding diaryl/α,β-unsaturated/α-hetero) is 1. The van der Waals surface area contributed by atoms with E-state index in [0.717, 1.165) is 6.42 Å². The van der Waals surface area contributed by atoms with E-state index in [0.29, 0.717) is 12.3 Å². The topological polar surface area (TPSA) is 43.4 Å². The first-order valence-corrected chi connectivity index (χ1v) is 4.58. The SMILES string of the molecule is CC(=O)CC(CC(C)C)OC(C)=O. The van der Waals surface area contributed by atoms with E-state index in [-0.39, 0.29) is 17.9 Å². The Kier molecular flexibility index (Phi) is 5.35. The molecule has 0 saturated heterocycles. The van der Waals surface area contributed by atoms with Crippen molar-refractivity contribution in [3.63, 3.8) is 0 Å². The van der Waals surface area contributed by atoms with Crippen molar-refractivity contribution >= 4 is 11.8 Å². The molecule has 76 valence electrons. The zero-order chi connectivity index (χ0) is 10.4. The van der Waals surface area contributed by atoms with Gasteiger partial charge in [-0.25, -0.2) is 0 Å². The Morgan fingerprint density at radius 3 is 2.08 bits per heavy atom. The van der Waals surface area contributed by atoms with Gasteiger partial charge in [0.25, 0.3) is 0 Å². The summed E-state index contributed by atoms with van der Waals surface area (Å²) >= 11 is 0. The highest BCUT2D eigenvalue weighted by molar-refractivity contribution is 5.76. The Labute approximate surface area is 79.5 Å². The number of ether oxygens (including phenoxy) is 1. The van der Waals surface area contributed by atoms with Crippen molar-refractivity contribution in [3.05, 3.63) is 0 Å². The van der Waals surface area contributed by atoms with Crippen molar-refractivity contribution in [3.8, 4) is 0 Å².